The zero-order valence-electron chi connectivity index (χ0n) is 12.2. The number of hydrogen-bond donors (Lipinski definition) is 0. The third-order valence-corrected chi connectivity index (χ3v) is 4.86. The summed E-state index contributed by atoms with van der Waals surface area (Å²) in [5, 5.41) is 0.327. The Morgan fingerprint density at radius 2 is 2.10 bits per heavy atom. The minimum absolute atomic E-state index is 0.0469. The molecule has 5 heteroatoms. The third-order valence-electron chi connectivity index (χ3n) is 3.62. The fourth-order valence-electron chi connectivity index (χ4n) is 2.58. The van der Waals surface area contributed by atoms with Crippen molar-refractivity contribution in [2.24, 2.45) is 0 Å². The number of hydrogen-bond acceptors (Lipinski definition) is 4. The summed E-state index contributed by atoms with van der Waals surface area (Å²) in [4.78, 5) is 18.7. The van der Waals surface area contributed by atoms with Crippen molar-refractivity contribution in [3.05, 3.63) is 53.2 Å². The largest absolute Gasteiger partial charge is 0.436 e. The van der Waals surface area contributed by atoms with Gasteiger partial charge in [-0.1, -0.05) is 30.3 Å². The predicted octanol–water partition coefficient (Wildman–Crippen LogP) is 3.22. The van der Waals surface area contributed by atoms with Gasteiger partial charge in [-0.2, -0.15) is 11.8 Å². The van der Waals surface area contributed by atoms with Gasteiger partial charge in [0.2, 0.25) is 5.76 Å². The monoisotopic (exact) mass is 302 g/mol. The smallest absolute Gasteiger partial charge is 0.291 e. The normalized spacial score (nSPS) is 18.8. The second kappa shape index (κ2) is 5.93. The van der Waals surface area contributed by atoms with Gasteiger partial charge < -0.3 is 9.32 Å². The molecule has 1 aliphatic rings. The second-order valence-corrected chi connectivity index (χ2v) is 6.48. The van der Waals surface area contributed by atoms with Gasteiger partial charge in [0.1, 0.15) is 0 Å². The van der Waals surface area contributed by atoms with Gasteiger partial charge >= 0.3 is 0 Å². The minimum Gasteiger partial charge on any atom is -0.436 e. The summed E-state index contributed by atoms with van der Waals surface area (Å²) in [5.41, 5.74) is 1.94. The van der Waals surface area contributed by atoms with Gasteiger partial charge in [0.25, 0.3) is 5.91 Å². The Morgan fingerprint density at radius 1 is 1.33 bits per heavy atom. The lowest BCUT2D eigenvalue weighted by Crippen LogP contribution is -2.39. The van der Waals surface area contributed by atoms with Gasteiger partial charge in [-0.25, -0.2) is 4.98 Å². The van der Waals surface area contributed by atoms with Crippen LogP contribution in [0.5, 0.6) is 0 Å². The number of aromatic nitrogens is 1. The zero-order valence-corrected chi connectivity index (χ0v) is 13.0. The number of nitrogens with zero attached hydrogens (tertiary/aromatic N) is 2. The highest BCUT2D eigenvalue weighted by molar-refractivity contribution is 7.99. The number of rotatable bonds is 2. The van der Waals surface area contributed by atoms with E-state index in [0.29, 0.717) is 29.1 Å². The molecule has 1 aromatic heterocycles. The van der Waals surface area contributed by atoms with Crippen molar-refractivity contribution in [2.45, 2.75) is 19.1 Å². The maximum absolute atomic E-state index is 12.6. The number of aryl methyl sites for hydroxylation is 2. The molecule has 1 aliphatic heterocycles. The Balaban J connectivity index is 1.77. The van der Waals surface area contributed by atoms with Crippen molar-refractivity contribution in [3.63, 3.8) is 0 Å². The number of amides is 1. The molecule has 0 radical (unpaired) electrons. The number of carbonyl (C=O) groups excluding carboxylic acids is 1. The molecule has 1 saturated heterocycles. The van der Waals surface area contributed by atoms with E-state index in [9.17, 15) is 4.79 Å². The highest BCUT2D eigenvalue weighted by atomic mass is 32.2. The van der Waals surface area contributed by atoms with Crippen LogP contribution in [0.1, 0.15) is 33.0 Å². The van der Waals surface area contributed by atoms with Crippen LogP contribution < -0.4 is 0 Å². The first kappa shape index (κ1) is 14.2. The van der Waals surface area contributed by atoms with Crippen molar-refractivity contribution in [1.29, 1.82) is 0 Å². The van der Waals surface area contributed by atoms with Crippen molar-refractivity contribution >= 4 is 17.7 Å². The Labute approximate surface area is 128 Å². The van der Waals surface area contributed by atoms with E-state index >= 15 is 0 Å². The maximum atomic E-state index is 12.6. The Kier molecular flexibility index (Phi) is 4.01. The van der Waals surface area contributed by atoms with Crippen molar-refractivity contribution in [3.8, 4) is 0 Å². The summed E-state index contributed by atoms with van der Waals surface area (Å²) in [6, 6.07) is 10.3. The molecule has 0 aliphatic carbocycles. The highest BCUT2D eigenvalue weighted by Crippen LogP contribution is 2.33. The van der Waals surface area contributed by atoms with E-state index in [2.05, 4.69) is 17.1 Å². The van der Waals surface area contributed by atoms with Crippen molar-refractivity contribution in [1.82, 2.24) is 9.88 Å². The molecule has 3 rings (SSSR count). The topological polar surface area (TPSA) is 46.3 Å². The van der Waals surface area contributed by atoms with E-state index in [4.69, 9.17) is 4.42 Å². The van der Waals surface area contributed by atoms with Crippen LogP contribution in [-0.2, 0) is 0 Å². The molecular weight excluding hydrogens is 284 g/mol. The van der Waals surface area contributed by atoms with E-state index < -0.39 is 0 Å². The number of carbonyl (C=O) groups is 1. The fraction of sp³-hybridized carbons (Fsp3) is 0.375. The maximum Gasteiger partial charge on any atom is 0.291 e. The van der Waals surface area contributed by atoms with Gasteiger partial charge in [0, 0.05) is 31.0 Å². The van der Waals surface area contributed by atoms with Crippen molar-refractivity contribution < 1.29 is 9.21 Å². The number of oxazole rings is 1. The van der Waals surface area contributed by atoms with E-state index in [1.807, 2.05) is 41.8 Å². The minimum atomic E-state index is -0.0469. The molecule has 0 bridgehead atoms. The van der Waals surface area contributed by atoms with Crippen LogP contribution >= 0.6 is 11.8 Å². The van der Waals surface area contributed by atoms with E-state index in [1.165, 1.54) is 5.56 Å². The van der Waals surface area contributed by atoms with Crippen LogP contribution in [0.15, 0.2) is 34.7 Å². The molecule has 0 saturated carbocycles. The van der Waals surface area contributed by atoms with Crippen LogP contribution in [0.3, 0.4) is 0 Å². The molecular formula is C16H18N2O2S. The van der Waals surface area contributed by atoms with Crippen LogP contribution in [-0.4, -0.2) is 34.6 Å². The molecule has 1 aromatic carbocycles. The predicted molar refractivity (Wildman–Crippen MR) is 83.5 cm³/mol. The van der Waals surface area contributed by atoms with Gasteiger partial charge in [-0.05, 0) is 12.5 Å². The molecule has 0 spiro atoms. The summed E-state index contributed by atoms with van der Waals surface area (Å²) in [6.45, 7) is 5.05. The molecule has 21 heavy (non-hydrogen) atoms. The first-order chi connectivity index (χ1) is 10.1. The van der Waals surface area contributed by atoms with Crippen LogP contribution in [0, 0.1) is 13.8 Å². The summed E-state index contributed by atoms with van der Waals surface area (Å²) < 4.78 is 5.46. The summed E-state index contributed by atoms with van der Waals surface area (Å²) >= 11 is 1.90. The zero-order chi connectivity index (χ0) is 14.8. The highest BCUT2D eigenvalue weighted by Gasteiger charge is 2.28. The van der Waals surface area contributed by atoms with Gasteiger partial charge in [0.15, 0.2) is 5.89 Å². The Hall–Kier alpha value is -1.75. The Morgan fingerprint density at radius 3 is 2.76 bits per heavy atom. The lowest BCUT2D eigenvalue weighted by atomic mass is 10.1. The third kappa shape index (κ3) is 2.97. The summed E-state index contributed by atoms with van der Waals surface area (Å²) in [6.07, 6.45) is 0. The number of thioether (sulfide) groups is 1. The molecule has 1 fully saturated rings. The van der Waals surface area contributed by atoms with E-state index in [1.54, 1.807) is 6.92 Å². The number of benzene rings is 1. The SMILES string of the molecule is Cc1nc(C)c(C(=O)N2CCS[C@@H](c3ccccc3)C2)o1. The van der Waals surface area contributed by atoms with E-state index in [-0.39, 0.29) is 5.91 Å². The van der Waals surface area contributed by atoms with Crippen LogP contribution in [0.4, 0.5) is 0 Å². The van der Waals surface area contributed by atoms with Crippen LogP contribution in [0.25, 0.3) is 0 Å². The lowest BCUT2D eigenvalue weighted by molar-refractivity contribution is 0.0727. The summed E-state index contributed by atoms with van der Waals surface area (Å²) in [5.74, 6) is 1.82. The van der Waals surface area contributed by atoms with Gasteiger partial charge in [-0.15, -0.1) is 0 Å². The van der Waals surface area contributed by atoms with Crippen molar-refractivity contribution in [2.75, 3.05) is 18.8 Å². The molecule has 0 unspecified atom stereocenters. The molecule has 0 N–H and O–H groups in total. The molecule has 4 nitrogen and oxygen atoms in total. The lowest BCUT2D eigenvalue weighted by Gasteiger charge is -2.32. The summed E-state index contributed by atoms with van der Waals surface area (Å²) in [7, 11) is 0. The first-order valence-corrected chi connectivity index (χ1v) is 8.10. The average molecular weight is 302 g/mol. The second-order valence-electron chi connectivity index (χ2n) is 5.17. The van der Waals surface area contributed by atoms with Gasteiger partial charge in [-0.3, -0.25) is 4.79 Å². The standard InChI is InChI=1S/C16H18N2O2S/c1-11-15(20-12(2)17-11)16(19)18-8-9-21-14(10-18)13-6-4-3-5-7-13/h3-7,14H,8-10H2,1-2H3/t14-/m1/s1. The molecule has 1 atom stereocenters. The average Bonchev–Trinajstić information content (AvgIpc) is 2.86. The molecule has 2 aromatic rings. The molecule has 1 amide bonds. The fourth-order valence-corrected chi connectivity index (χ4v) is 3.82. The van der Waals surface area contributed by atoms with Gasteiger partial charge in [0.05, 0.1) is 5.69 Å². The van der Waals surface area contributed by atoms with Crippen LogP contribution in [0.2, 0.25) is 0 Å². The first-order valence-electron chi connectivity index (χ1n) is 7.05. The molecule has 2 heterocycles. The quantitative estimate of drug-likeness (QED) is 0.854. The Bertz CT molecular complexity index is 639. The van der Waals surface area contributed by atoms with E-state index in [0.717, 1.165) is 12.3 Å². The molecule has 110 valence electrons.